The lowest BCUT2D eigenvalue weighted by Crippen LogP contribution is -2.41. The summed E-state index contributed by atoms with van der Waals surface area (Å²) in [5.74, 6) is 1.69. The van der Waals surface area contributed by atoms with Gasteiger partial charge in [-0.3, -0.25) is 9.89 Å². The third-order valence-corrected chi connectivity index (χ3v) is 5.35. The van der Waals surface area contributed by atoms with Gasteiger partial charge in [-0.05, 0) is 37.1 Å². The van der Waals surface area contributed by atoms with E-state index < -0.39 is 0 Å². The first-order chi connectivity index (χ1) is 12.2. The Labute approximate surface area is 156 Å². The predicted octanol–water partition coefficient (Wildman–Crippen LogP) is 3.11. The van der Waals surface area contributed by atoms with Crippen molar-refractivity contribution < 1.29 is 4.74 Å². The Bertz CT molecular complexity index is 484. The molecule has 0 spiro atoms. The van der Waals surface area contributed by atoms with Gasteiger partial charge in [0, 0.05) is 31.1 Å². The minimum absolute atomic E-state index is 0.343. The molecule has 1 aromatic rings. The number of ether oxygens (including phenoxy) is 1. The Morgan fingerprint density at radius 1 is 1.32 bits per heavy atom. The van der Waals surface area contributed by atoms with Crippen LogP contribution in [0, 0.1) is 5.92 Å². The van der Waals surface area contributed by atoms with Gasteiger partial charge in [-0.25, -0.2) is 0 Å². The highest BCUT2D eigenvalue weighted by Crippen LogP contribution is 2.26. The molecule has 2 heterocycles. The van der Waals surface area contributed by atoms with Crippen LogP contribution in [0.3, 0.4) is 0 Å². The first-order valence-electron chi connectivity index (χ1n) is 9.58. The van der Waals surface area contributed by atoms with E-state index in [2.05, 4.69) is 53.8 Å². The Morgan fingerprint density at radius 3 is 2.76 bits per heavy atom. The van der Waals surface area contributed by atoms with Gasteiger partial charge in [-0.2, -0.15) is 0 Å². The van der Waals surface area contributed by atoms with Crippen molar-refractivity contribution in [3.8, 4) is 0 Å². The number of aliphatic imine (C=N–C) groups is 1. The van der Waals surface area contributed by atoms with Gasteiger partial charge in [0.05, 0.1) is 25.8 Å². The molecule has 0 aromatic carbocycles. The minimum atomic E-state index is 0.343. The van der Waals surface area contributed by atoms with Crippen LogP contribution in [-0.4, -0.2) is 56.8 Å². The third kappa shape index (κ3) is 7.34. The van der Waals surface area contributed by atoms with Gasteiger partial charge >= 0.3 is 0 Å². The second kappa shape index (κ2) is 11.5. The van der Waals surface area contributed by atoms with E-state index in [0.717, 1.165) is 57.8 Å². The standard InChI is InChI=1S/C19H34N4OS/c1-4-20-19(21-9-5-7-16(2)3)22-15-17(18-8-6-14-25-18)23-10-12-24-13-11-23/h6,8,14,16-17H,4-5,7,9-13,15H2,1-3H3,(H2,20,21,22). The van der Waals surface area contributed by atoms with E-state index in [1.165, 1.54) is 17.7 Å². The molecule has 1 fully saturated rings. The molecule has 25 heavy (non-hydrogen) atoms. The number of hydrogen-bond acceptors (Lipinski definition) is 4. The molecule has 0 radical (unpaired) electrons. The molecule has 6 heteroatoms. The van der Waals surface area contributed by atoms with Crippen LogP contribution in [-0.2, 0) is 4.74 Å². The summed E-state index contributed by atoms with van der Waals surface area (Å²) in [6, 6.07) is 4.70. The average molecular weight is 367 g/mol. The van der Waals surface area contributed by atoms with Gasteiger partial charge in [0.2, 0.25) is 0 Å². The Kier molecular flexibility index (Phi) is 9.29. The number of nitrogens with one attached hydrogen (secondary N) is 2. The first-order valence-corrected chi connectivity index (χ1v) is 10.5. The number of guanidine groups is 1. The molecular formula is C19H34N4OS. The first kappa shape index (κ1) is 20.2. The molecule has 2 N–H and O–H groups in total. The van der Waals surface area contributed by atoms with Gasteiger partial charge in [-0.15, -0.1) is 11.3 Å². The monoisotopic (exact) mass is 366 g/mol. The van der Waals surface area contributed by atoms with E-state index >= 15 is 0 Å². The molecule has 1 unspecified atom stereocenters. The molecular weight excluding hydrogens is 332 g/mol. The van der Waals surface area contributed by atoms with E-state index in [1.54, 1.807) is 0 Å². The lowest BCUT2D eigenvalue weighted by molar-refractivity contribution is 0.0186. The third-order valence-electron chi connectivity index (χ3n) is 4.38. The molecule has 0 bridgehead atoms. The minimum Gasteiger partial charge on any atom is -0.379 e. The van der Waals surface area contributed by atoms with Crippen LogP contribution < -0.4 is 10.6 Å². The molecule has 0 aliphatic carbocycles. The molecule has 5 nitrogen and oxygen atoms in total. The van der Waals surface area contributed by atoms with Crippen molar-refractivity contribution in [1.29, 1.82) is 0 Å². The average Bonchev–Trinajstić information content (AvgIpc) is 3.14. The predicted molar refractivity (Wildman–Crippen MR) is 108 cm³/mol. The zero-order valence-corrected chi connectivity index (χ0v) is 16.8. The zero-order valence-electron chi connectivity index (χ0n) is 16.0. The zero-order chi connectivity index (χ0) is 17.9. The van der Waals surface area contributed by atoms with Crippen LogP contribution in [0.2, 0.25) is 0 Å². The quantitative estimate of drug-likeness (QED) is 0.400. The normalized spacial score (nSPS) is 17.7. The largest absolute Gasteiger partial charge is 0.379 e. The van der Waals surface area contributed by atoms with Crippen molar-refractivity contribution in [2.75, 3.05) is 45.9 Å². The van der Waals surface area contributed by atoms with Crippen LogP contribution in [0.5, 0.6) is 0 Å². The number of morpholine rings is 1. The molecule has 142 valence electrons. The maximum Gasteiger partial charge on any atom is 0.191 e. The summed E-state index contributed by atoms with van der Waals surface area (Å²) in [7, 11) is 0. The number of hydrogen-bond donors (Lipinski definition) is 2. The van der Waals surface area contributed by atoms with Crippen LogP contribution in [0.15, 0.2) is 22.5 Å². The van der Waals surface area contributed by atoms with Gasteiger partial charge in [0.1, 0.15) is 0 Å². The highest BCUT2D eigenvalue weighted by molar-refractivity contribution is 7.10. The maximum atomic E-state index is 5.52. The maximum absolute atomic E-state index is 5.52. The summed E-state index contributed by atoms with van der Waals surface area (Å²) in [6.45, 7) is 12.9. The molecule has 2 rings (SSSR count). The Morgan fingerprint density at radius 2 is 2.12 bits per heavy atom. The van der Waals surface area contributed by atoms with Gasteiger partial charge < -0.3 is 15.4 Å². The molecule has 1 aromatic heterocycles. The van der Waals surface area contributed by atoms with E-state index in [9.17, 15) is 0 Å². The Balaban J connectivity index is 1.95. The van der Waals surface area contributed by atoms with Crippen LogP contribution >= 0.6 is 11.3 Å². The highest BCUT2D eigenvalue weighted by Gasteiger charge is 2.23. The summed E-state index contributed by atoms with van der Waals surface area (Å²) < 4.78 is 5.52. The van der Waals surface area contributed by atoms with Crippen LogP contribution in [0.4, 0.5) is 0 Å². The fourth-order valence-electron chi connectivity index (χ4n) is 2.99. The number of rotatable bonds is 9. The summed E-state index contributed by atoms with van der Waals surface area (Å²) in [5.41, 5.74) is 0. The van der Waals surface area contributed by atoms with Crippen molar-refractivity contribution >= 4 is 17.3 Å². The lowest BCUT2D eigenvalue weighted by Gasteiger charge is -2.33. The summed E-state index contributed by atoms with van der Waals surface area (Å²) >= 11 is 1.82. The summed E-state index contributed by atoms with van der Waals surface area (Å²) in [5, 5.41) is 9.01. The number of thiophene rings is 1. The van der Waals surface area contributed by atoms with Crippen LogP contribution in [0.25, 0.3) is 0 Å². The van der Waals surface area contributed by atoms with Crippen molar-refractivity contribution in [2.45, 2.75) is 39.7 Å². The summed E-state index contributed by atoms with van der Waals surface area (Å²) in [6.07, 6.45) is 2.43. The number of nitrogens with zero attached hydrogens (tertiary/aromatic N) is 2. The fraction of sp³-hybridized carbons (Fsp3) is 0.737. The fourth-order valence-corrected chi connectivity index (χ4v) is 3.84. The molecule has 0 saturated carbocycles. The van der Waals surface area contributed by atoms with Gasteiger partial charge in [0.15, 0.2) is 5.96 Å². The molecule has 0 amide bonds. The van der Waals surface area contributed by atoms with E-state index in [4.69, 9.17) is 9.73 Å². The second-order valence-electron chi connectivity index (χ2n) is 6.86. The van der Waals surface area contributed by atoms with Crippen molar-refractivity contribution in [3.05, 3.63) is 22.4 Å². The molecule has 1 aliphatic rings. The second-order valence-corrected chi connectivity index (χ2v) is 7.84. The lowest BCUT2D eigenvalue weighted by atomic mass is 10.1. The van der Waals surface area contributed by atoms with Crippen molar-refractivity contribution in [1.82, 2.24) is 15.5 Å². The molecule has 1 aliphatic heterocycles. The SMILES string of the molecule is CCNC(=NCC(c1cccs1)N1CCOCC1)NCCCC(C)C. The molecule has 1 saturated heterocycles. The highest BCUT2D eigenvalue weighted by atomic mass is 32.1. The van der Waals surface area contributed by atoms with Gasteiger partial charge in [0.25, 0.3) is 0 Å². The smallest absolute Gasteiger partial charge is 0.191 e. The van der Waals surface area contributed by atoms with Gasteiger partial charge in [-0.1, -0.05) is 19.9 Å². The van der Waals surface area contributed by atoms with Crippen molar-refractivity contribution in [2.24, 2.45) is 10.9 Å². The Hall–Kier alpha value is -1.11. The van der Waals surface area contributed by atoms with E-state index in [0.29, 0.717) is 6.04 Å². The van der Waals surface area contributed by atoms with Crippen LogP contribution in [0.1, 0.15) is 44.5 Å². The van der Waals surface area contributed by atoms with E-state index in [-0.39, 0.29) is 0 Å². The van der Waals surface area contributed by atoms with Crippen molar-refractivity contribution in [3.63, 3.8) is 0 Å². The molecule has 1 atom stereocenters. The topological polar surface area (TPSA) is 48.9 Å². The summed E-state index contributed by atoms with van der Waals surface area (Å²) in [4.78, 5) is 8.77. The van der Waals surface area contributed by atoms with E-state index in [1.807, 2.05) is 11.3 Å².